The first-order chi connectivity index (χ1) is 12.9. The number of halogens is 3. The molecule has 1 N–H and O–H groups in total. The summed E-state index contributed by atoms with van der Waals surface area (Å²) in [5.41, 5.74) is 1.42. The highest BCUT2D eigenvalue weighted by Gasteiger charge is 2.17. The van der Waals surface area contributed by atoms with E-state index in [4.69, 9.17) is 27.9 Å². The first-order valence-corrected chi connectivity index (χ1v) is 8.86. The zero-order valence-corrected chi connectivity index (χ0v) is 15.8. The lowest BCUT2D eigenvalue weighted by atomic mass is 10.2. The molecule has 1 aromatic heterocycles. The van der Waals surface area contributed by atoms with Crippen LogP contribution in [0.25, 0.3) is 0 Å². The van der Waals surface area contributed by atoms with Crippen LogP contribution in [0, 0.1) is 5.82 Å². The number of nitrogens with one attached hydrogen (secondary N) is 1. The number of nitrogens with zero attached hydrogens (tertiary/aromatic N) is 2. The topological polar surface area (TPSA) is 56.1 Å². The van der Waals surface area contributed by atoms with Gasteiger partial charge in [-0.25, -0.2) is 4.39 Å². The van der Waals surface area contributed by atoms with Gasteiger partial charge >= 0.3 is 0 Å². The largest absolute Gasteiger partial charge is 0.479 e. The summed E-state index contributed by atoms with van der Waals surface area (Å²) in [6, 6.07) is 10.9. The van der Waals surface area contributed by atoms with Crippen LogP contribution in [-0.2, 0) is 11.3 Å². The average molecular weight is 408 g/mol. The van der Waals surface area contributed by atoms with Crippen molar-refractivity contribution in [3.63, 3.8) is 0 Å². The number of rotatable bonds is 6. The maximum absolute atomic E-state index is 13.0. The zero-order chi connectivity index (χ0) is 19.4. The lowest BCUT2D eigenvalue weighted by Gasteiger charge is -2.15. The molecule has 0 saturated heterocycles. The molecule has 0 radical (unpaired) electrons. The lowest BCUT2D eigenvalue weighted by molar-refractivity contribution is -0.122. The lowest BCUT2D eigenvalue weighted by Crippen LogP contribution is -2.30. The Balaban J connectivity index is 1.59. The van der Waals surface area contributed by atoms with E-state index in [1.54, 1.807) is 48.1 Å². The monoisotopic (exact) mass is 407 g/mol. The molecule has 0 aliphatic heterocycles. The van der Waals surface area contributed by atoms with E-state index >= 15 is 0 Å². The number of carbonyl (C=O) groups is 1. The van der Waals surface area contributed by atoms with Gasteiger partial charge in [0.2, 0.25) is 0 Å². The van der Waals surface area contributed by atoms with Crippen LogP contribution in [0.4, 0.5) is 10.1 Å². The summed E-state index contributed by atoms with van der Waals surface area (Å²) in [6.45, 7) is 2.08. The van der Waals surface area contributed by atoms with Crippen LogP contribution in [-0.4, -0.2) is 21.8 Å². The Morgan fingerprint density at radius 1 is 1.26 bits per heavy atom. The van der Waals surface area contributed by atoms with Gasteiger partial charge in [-0.05, 0) is 42.8 Å². The maximum atomic E-state index is 13.0. The van der Waals surface area contributed by atoms with E-state index in [9.17, 15) is 9.18 Å². The minimum atomic E-state index is -0.774. The molecule has 0 spiro atoms. The number of anilines is 1. The molecule has 0 fully saturated rings. The van der Waals surface area contributed by atoms with Gasteiger partial charge in [-0.1, -0.05) is 35.3 Å². The predicted octanol–water partition coefficient (Wildman–Crippen LogP) is 4.78. The molecule has 1 unspecified atom stereocenters. The van der Waals surface area contributed by atoms with Crippen LogP contribution in [0.1, 0.15) is 12.5 Å². The number of benzene rings is 2. The van der Waals surface area contributed by atoms with Crippen molar-refractivity contribution in [2.45, 2.75) is 19.6 Å². The molecule has 5 nitrogen and oxygen atoms in total. The molecular weight excluding hydrogens is 392 g/mol. The quantitative estimate of drug-likeness (QED) is 0.639. The molecule has 0 bridgehead atoms. The molecule has 3 aromatic rings. The first-order valence-electron chi connectivity index (χ1n) is 8.10. The Kier molecular flexibility index (Phi) is 5.98. The molecule has 1 atom stereocenters. The van der Waals surface area contributed by atoms with Gasteiger partial charge in [-0.15, -0.1) is 0 Å². The fraction of sp³-hybridized carbons (Fsp3) is 0.158. The van der Waals surface area contributed by atoms with Crippen LogP contribution < -0.4 is 10.1 Å². The summed E-state index contributed by atoms with van der Waals surface area (Å²) < 4.78 is 20.2. The third-order valence-corrected chi connectivity index (χ3v) is 4.26. The van der Waals surface area contributed by atoms with Crippen molar-refractivity contribution in [3.8, 4) is 5.75 Å². The van der Waals surface area contributed by atoms with E-state index in [-0.39, 0.29) is 11.7 Å². The summed E-state index contributed by atoms with van der Waals surface area (Å²) in [4.78, 5) is 12.3. The van der Waals surface area contributed by atoms with Crippen LogP contribution in [0.15, 0.2) is 54.9 Å². The van der Waals surface area contributed by atoms with Crippen molar-refractivity contribution in [3.05, 3.63) is 76.3 Å². The average Bonchev–Trinajstić information content (AvgIpc) is 3.06. The van der Waals surface area contributed by atoms with Crippen molar-refractivity contribution in [1.29, 1.82) is 0 Å². The van der Waals surface area contributed by atoms with Gasteiger partial charge in [-0.2, -0.15) is 5.10 Å². The van der Waals surface area contributed by atoms with E-state index in [1.807, 2.05) is 0 Å². The molecule has 2 aromatic carbocycles. The molecule has 1 amide bonds. The van der Waals surface area contributed by atoms with Gasteiger partial charge in [0.25, 0.3) is 5.91 Å². The molecule has 0 aliphatic rings. The van der Waals surface area contributed by atoms with E-state index in [0.717, 1.165) is 5.56 Å². The normalized spacial score (nSPS) is 11.9. The Morgan fingerprint density at radius 2 is 2.00 bits per heavy atom. The third kappa shape index (κ3) is 5.21. The zero-order valence-electron chi connectivity index (χ0n) is 14.3. The Morgan fingerprint density at radius 3 is 2.70 bits per heavy atom. The predicted molar refractivity (Wildman–Crippen MR) is 103 cm³/mol. The number of ether oxygens (including phenoxy) is 1. The van der Waals surface area contributed by atoms with Crippen LogP contribution in [0.3, 0.4) is 0 Å². The van der Waals surface area contributed by atoms with E-state index in [1.165, 1.54) is 18.3 Å². The number of carbonyl (C=O) groups excluding carboxylic acids is 1. The van der Waals surface area contributed by atoms with Gasteiger partial charge in [0.05, 0.1) is 23.5 Å². The van der Waals surface area contributed by atoms with Gasteiger partial charge in [-0.3, -0.25) is 9.48 Å². The van der Waals surface area contributed by atoms with Gasteiger partial charge in [0, 0.05) is 11.2 Å². The summed E-state index contributed by atoms with van der Waals surface area (Å²) in [5.74, 6) is -0.264. The van der Waals surface area contributed by atoms with Crippen molar-refractivity contribution < 1.29 is 13.9 Å². The standard InChI is InChI=1S/C19H16Cl2FN3O2/c1-12(27-18-7-4-14(20)8-17(18)21)19(26)24-16-9-23-25(11-16)10-13-2-5-15(22)6-3-13/h2-9,11-12H,10H2,1H3,(H,24,26). The highest BCUT2D eigenvalue weighted by Crippen LogP contribution is 2.28. The number of amides is 1. The second-order valence-electron chi connectivity index (χ2n) is 5.88. The smallest absolute Gasteiger partial charge is 0.265 e. The summed E-state index contributed by atoms with van der Waals surface area (Å²) in [5, 5.41) is 7.73. The molecule has 0 aliphatic carbocycles. The number of hydrogen-bond acceptors (Lipinski definition) is 3. The fourth-order valence-electron chi connectivity index (χ4n) is 2.35. The highest BCUT2D eigenvalue weighted by atomic mass is 35.5. The maximum Gasteiger partial charge on any atom is 0.265 e. The summed E-state index contributed by atoms with van der Waals surface area (Å²) >= 11 is 11.9. The third-order valence-electron chi connectivity index (χ3n) is 3.73. The first kappa shape index (κ1) is 19.2. The SMILES string of the molecule is CC(Oc1ccc(Cl)cc1Cl)C(=O)Nc1cnn(Cc2ccc(F)cc2)c1. The minimum absolute atomic E-state index is 0.290. The van der Waals surface area contributed by atoms with Gasteiger partial charge in [0.1, 0.15) is 11.6 Å². The molecule has 1 heterocycles. The molecule has 0 saturated carbocycles. The molecular formula is C19H16Cl2FN3O2. The van der Waals surface area contributed by atoms with Crippen molar-refractivity contribution >= 4 is 34.8 Å². The molecule has 140 valence electrons. The van der Waals surface area contributed by atoms with Crippen LogP contribution >= 0.6 is 23.2 Å². The van der Waals surface area contributed by atoms with E-state index in [0.29, 0.717) is 28.0 Å². The summed E-state index contributed by atoms with van der Waals surface area (Å²) in [6.07, 6.45) is 2.44. The Bertz CT molecular complexity index is 944. The number of hydrogen-bond donors (Lipinski definition) is 1. The van der Waals surface area contributed by atoms with Gasteiger partial charge < -0.3 is 10.1 Å². The fourth-order valence-corrected chi connectivity index (χ4v) is 2.80. The van der Waals surface area contributed by atoms with E-state index < -0.39 is 6.10 Å². The second kappa shape index (κ2) is 8.41. The Labute approximate surface area is 165 Å². The van der Waals surface area contributed by atoms with Crippen LogP contribution in [0.2, 0.25) is 10.0 Å². The van der Waals surface area contributed by atoms with Crippen molar-refractivity contribution in [2.75, 3.05) is 5.32 Å². The highest BCUT2D eigenvalue weighted by molar-refractivity contribution is 6.35. The van der Waals surface area contributed by atoms with E-state index in [2.05, 4.69) is 10.4 Å². The van der Waals surface area contributed by atoms with Gasteiger partial charge in [0.15, 0.2) is 6.10 Å². The van der Waals surface area contributed by atoms with Crippen molar-refractivity contribution in [2.24, 2.45) is 0 Å². The Hall–Kier alpha value is -2.57. The molecule has 3 rings (SSSR count). The molecule has 8 heteroatoms. The van der Waals surface area contributed by atoms with Crippen LogP contribution in [0.5, 0.6) is 5.75 Å². The minimum Gasteiger partial charge on any atom is -0.479 e. The molecule has 27 heavy (non-hydrogen) atoms. The second-order valence-corrected chi connectivity index (χ2v) is 6.72. The number of aromatic nitrogens is 2. The summed E-state index contributed by atoms with van der Waals surface area (Å²) in [7, 11) is 0. The van der Waals surface area contributed by atoms with Crippen molar-refractivity contribution in [1.82, 2.24) is 9.78 Å².